The fraction of sp³-hybridized carbons (Fsp3) is 0.387. The van der Waals surface area contributed by atoms with Crippen molar-refractivity contribution in [2.24, 2.45) is 0 Å². The molecule has 176 valence electrons. The number of nitrogens with zero attached hydrogens (tertiary/aromatic N) is 1. The molecule has 0 amide bonds. The summed E-state index contributed by atoms with van der Waals surface area (Å²) in [4.78, 5) is 0. The van der Waals surface area contributed by atoms with Crippen molar-refractivity contribution in [3.63, 3.8) is 0 Å². The van der Waals surface area contributed by atoms with Crippen LogP contribution in [0.4, 0.5) is 0 Å². The number of nitriles is 1. The number of hydrogen-bond acceptors (Lipinski definition) is 3. The molecule has 35 heavy (non-hydrogen) atoms. The molecule has 1 spiro atoms. The molecule has 0 atom stereocenters. The number of fused-ring (bicyclic) bond motifs is 5. The van der Waals surface area contributed by atoms with Gasteiger partial charge in [-0.25, -0.2) is 0 Å². The Hall–Kier alpha value is -2.87. The highest BCUT2D eigenvalue weighted by Crippen LogP contribution is 2.56. The average molecular weight is 461 g/mol. The predicted octanol–water partition coefficient (Wildman–Crippen LogP) is 6.76. The maximum Gasteiger partial charge on any atom is 0.494 e. The molecule has 3 aliphatic rings. The van der Waals surface area contributed by atoms with Crippen LogP contribution in [0.15, 0.2) is 60.7 Å². The smallest absolute Gasteiger partial charge is 0.399 e. The normalized spacial score (nSPS) is 20.9. The fourth-order valence-electron chi connectivity index (χ4n) is 6.27. The maximum atomic E-state index is 9.19. The van der Waals surface area contributed by atoms with Crippen molar-refractivity contribution in [2.45, 2.75) is 76.4 Å². The Labute approximate surface area is 209 Å². The summed E-state index contributed by atoms with van der Waals surface area (Å²) in [6, 6.07) is 24.0. The van der Waals surface area contributed by atoms with E-state index < -0.39 is 0 Å². The summed E-state index contributed by atoms with van der Waals surface area (Å²) in [5.41, 5.74) is 9.09. The Morgan fingerprint density at radius 1 is 0.714 bits per heavy atom. The molecule has 1 saturated heterocycles. The molecule has 1 aliphatic heterocycles. The van der Waals surface area contributed by atoms with Crippen LogP contribution in [0.1, 0.15) is 76.5 Å². The first-order valence-electron chi connectivity index (χ1n) is 12.9. The first-order chi connectivity index (χ1) is 16.7. The lowest BCUT2D eigenvalue weighted by Crippen LogP contribution is -2.41. The molecule has 4 heteroatoms. The van der Waals surface area contributed by atoms with Crippen LogP contribution in [0.3, 0.4) is 0 Å². The molecule has 2 aliphatic carbocycles. The van der Waals surface area contributed by atoms with Crippen LogP contribution < -0.4 is 5.46 Å². The van der Waals surface area contributed by atoms with Crippen molar-refractivity contribution < 1.29 is 9.31 Å². The van der Waals surface area contributed by atoms with Gasteiger partial charge in [0.25, 0.3) is 0 Å². The maximum absolute atomic E-state index is 9.19. The van der Waals surface area contributed by atoms with E-state index in [1.54, 1.807) is 0 Å². The van der Waals surface area contributed by atoms with Gasteiger partial charge in [0.15, 0.2) is 0 Å². The Morgan fingerprint density at radius 3 is 1.91 bits per heavy atom. The van der Waals surface area contributed by atoms with Crippen molar-refractivity contribution in [2.75, 3.05) is 0 Å². The number of hydrogen-bond donors (Lipinski definition) is 0. The summed E-state index contributed by atoms with van der Waals surface area (Å²) < 4.78 is 12.8. The zero-order valence-electron chi connectivity index (χ0n) is 21.2. The number of benzene rings is 3. The molecule has 0 bridgehead atoms. The largest absolute Gasteiger partial charge is 0.494 e. The van der Waals surface area contributed by atoms with E-state index >= 15 is 0 Å². The van der Waals surface area contributed by atoms with Gasteiger partial charge < -0.3 is 9.31 Å². The van der Waals surface area contributed by atoms with Gasteiger partial charge in [0, 0.05) is 5.41 Å². The van der Waals surface area contributed by atoms with Crippen LogP contribution in [0, 0.1) is 11.3 Å². The molecule has 3 aromatic carbocycles. The molecule has 0 radical (unpaired) electrons. The topological polar surface area (TPSA) is 42.2 Å². The van der Waals surface area contributed by atoms with Crippen molar-refractivity contribution >= 4 is 12.6 Å². The third-order valence-electron chi connectivity index (χ3n) is 8.96. The van der Waals surface area contributed by atoms with Crippen LogP contribution >= 0.6 is 0 Å². The van der Waals surface area contributed by atoms with E-state index in [4.69, 9.17) is 9.31 Å². The second kappa shape index (κ2) is 7.82. The average Bonchev–Trinajstić information content (AvgIpc) is 3.25. The van der Waals surface area contributed by atoms with Gasteiger partial charge in [-0.1, -0.05) is 61.7 Å². The minimum atomic E-state index is -0.363. The lowest BCUT2D eigenvalue weighted by atomic mass is 9.67. The second-order valence-electron chi connectivity index (χ2n) is 11.5. The fourth-order valence-corrected chi connectivity index (χ4v) is 6.27. The first-order valence-corrected chi connectivity index (χ1v) is 12.9. The SMILES string of the molecule is CC1(C)OB(c2ccc3c(c2)-c2cc(-c4ccc(C#N)cc4)ccc2C32CCCCC2)OC1(C)C. The highest BCUT2D eigenvalue weighted by Gasteiger charge is 2.52. The standard InChI is InChI=1S/C31H32BNO2/c1-29(2)30(3,4)35-32(34-29)24-13-15-28-26(19-24)25-18-23(22-10-8-21(20-33)9-11-22)12-14-27(25)31(28)16-6-5-7-17-31/h8-15,18-19H,5-7,16-17H2,1-4H3. The lowest BCUT2D eigenvalue weighted by Gasteiger charge is -2.36. The molecule has 3 nitrogen and oxygen atoms in total. The third-order valence-corrected chi connectivity index (χ3v) is 8.96. The summed E-state index contributed by atoms with van der Waals surface area (Å²) in [6.45, 7) is 8.43. The van der Waals surface area contributed by atoms with E-state index in [2.05, 4.69) is 70.2 Å². The van der Waals surface area contributed by atoms with E-state index in [1.807, 2.05) is 24.3 Å². The molecule has 1 saturated carbocycles. The third kappa shape index (κ3) is 3.40. The molecule has 0 unspecified atom stereocenters. The van der Waals surface area contributed by atoms with Crippen molar-refractivity contribution in [1.29, 1.82) is 5.26 Å². The van der Waals surface area contributed by atoms with Gasteiger partial charge in [0.2, 0.25) is 0 Å². The van der Waals surface area contributed by atoms with Crippen LogP contribution in [-0.2, 0) is 14.7 Å². The zero-order valence-corrected chi connectivity index (χ0v) is 21.2. The quantitative estimate of drug-likeness (QED) is 0.396. The summed E-state index contributed by atoms with van der Waals surface area (Å²) in [6.07, 6.45) is 6.28. The van der Waals surface area contributed by atoms with Crippen LogP contribution in [-0.4, -0.2) is 18.3 Å². The summed E-state index contributed by atoms with van der Waals surface area (Å²) in [5, 5.41) is 9.19. The monoisotopic (exact) mass is 461 g/mol. The summed E-state index contributed by atoms with van der Waals surface area (Å²) in [5.74, 6) is 0. The van der Waals surface area contributed by atoms with Crippen molar-refractivity contribution in [3.05, 3.63) is 77.4 Å². The second-order valence-corrected chi connectivity index (χ2v) is 11.5. The van der Waals surface area contributed by atoms with Gasteiger partial charge in [0.1, 0.15) is 0 Å². The molecule has 3 aromatic rings. The van der Waals surface area contributed by atoms with Crippen LogP contribution in [0.25, 0.3) is 22.3 Å². The molecular formula is C31H32BNO2. The Morgan fingerprint density at radius 2 is 1.29 bits per heavy atom. The highest BCUT2D eigenvalue weighted by atomic mass is 16.7. The Kier molecular flexibility index (Phi) is 5.05. The summed E-state index contributed by atoms with van der Waals surface area (Å²) >= 11 is 0. The number of rotatable bonds is 2. The van der Waals surface area contributed by atoms with Gasteiger partial charge in [-0.15, -0.1) is 0 Å². The molecule has 1 heterocycles. The predicted molar refractivity (Wildman–Crippen MR) is 142 cm³/mol. The van der Waals surface area contributed by atoms with Gasteiger partial charge in [-0.2, -0.15) is 5.26 Å². The van der Waals surface area contributed by atoms with Gasteiger partial charge in [0.05, 0.1) is 22.8 Å². The molecule has 0 aromatic heterocycles. The molecule has 0 N–H and O–H groups in total. The zero-order chi connectivity index (χ0) is 24.4. The minimum absolute atomic E-state index is 0.112. The molecule has 6 rings (SSSR count). The van der Waals surface area contributed by atoms with Crippen LogP contribution in [0.2, 0.25) is 0 Å². The van der Waals surface area contributed by atoms with Gasteiger partial charge in [-0.05, 0) is 97.6 Å². The Balaban J connectivity index is 1.47. The van der Waals surface area contributed by atoms with E-state index in [-0.39, 0.29) is 23.7 Å². The highest BCUT2D eigenvalue weighted by molar-refractivity contribution is 6.62. The minimum Gasteiger partial charge on any atom is -0.399 e. The van der Waals surface area contributed by atoms with E-state index in [9.17, 15) is 5.26 Å². The first kappa shape index (κ1) is 22.6. The lowest BCUT2D eigenvalue weighted by molar-refractivity contribution is 0.00578. The van der Waals surface area contributed by atoms with E-state index in [1.165, 1.54) is 59.9 Å². The Bertz CT molecular complexity index is 1330. The van der Waals surface area contributed by atoms with Gasteiger partial charge in [-0.3, -0.25) is 0 Å². The summed E-state index contributed by atoms with van der Waals surface area (Å²) in [7, 11) is -0.363. The van der Waals surface area contributed by atoms with E-state index in [0.717, 1.165) is 11.0 Å². The van der Waals surface area contributed by atoms with Gasteiger partial charge >= 0.3 is 7.12 Å². The van der Waals surface area contributed by atoms with Crippen LogP contribution in [0.5, 0.6) is 0 Å². The van der Waals surface area contributed by atoms with Crippen molar-refractivity contribution in [1.82, 2.24) is 0 Å². The van der Waals surface area contributed by atoms with E-state index in [0.29, 0.717) is 5.56 Å². The van der Waals surface area contributed by atoms with Crippen molar-refractivity contribution in [3.8, 4) is 28.3 Å². The molecular weight excluding hydrogens is 429 g/mol. The molecule has 2 fully saturated rings.